The number of rotatable bonds is 3. The molecule has 0 amide bonds. The maximum absolute atomic E-state index is 13.1. The van der Waals surface area contributed by atoms with Crippen LogP contribution in [-0.4, -0.2) is 5.33 Å². The Hall–Kier alpha value is -0.0800. The molecule has 2 aliphatic carbocycles. The van der Waals surface area contributed by atoms with Crippen LogP contribution in [-0.2, 0) is 6.42 Å². The molecule has 2 bridgehead atoms. The molecule has 3 atom stereocenters. The van der Waals surface area contributed by atoms with Gasteiger partial charge in [0.15, 0.2) is 0 Å². The van der Waals surface area contributed by atoms with E-state index in [-0.39, 0.29) is 5.82 Å². The highest BCUT2D eigenvalue weighted by atomic mass is 79.9. The summed E-state index contributed by atoms with van der Waals surface area (Å²) < 4.78 is 13.1. The Labute approximate surface area is 121 Å². The highest BCUT2D eigenvalue weighted by Crippen LogP contribution is 2.58. The lowest BCUT2D eigenvalue weighted by molar-refractivity contribution is 0.197. The molecule has 0 radical (unpaired) electrons. The number of halogens is 3. The first-order valence-electron chi connectivity index (χ1n) is 6.63. The lowest BCUT2D eigenvalue weighted by atomic mass is 9.71. The first-order valence-corrected chi connectivity index (χ1v) is 8.13. The van der Waals surface area contributed by atoms with Crippen molar-refractivity contribution < 1.29 is 4.39 Å². The maximum atomic E-state index is 13.1. The molecule has 0 heterocycles. The summed E-state index contributed by atoms with van der Waals surface area (Å²) in [5, 5.41) is 1.62. The molecule has 2 saturated carbocycles. The van der Waals surface area contributed by atoms with Crippen LogP contribution in [0.2, 0.25) is 5.02 Å². The summed E-state index contributed by atoms with van der Waals surface area (Å²) in [5.41, 5.74) is 1.45. The van der Waals surface area contributed by atoms with Gasteiger partial charge in [-0.15, -0.1) is 0 Å². The predicted octanol–water partition coefficient (Wildman–Crippen LogP) is 5.22. The highest BCUT2D eigenvalue weighted by molar-refractivity contribution is 9.09. The third-order valence-corrected chi connectivity index (χ3v) is 6.39. The molecule has 1 aromatic carbocycles. The summed E-state index contributed by atoms with van der Waals surface area (Å²) in [6.07, 6.45) is 6.42. The van der Waals surface area contributed by atoms with E-state index in [2.05, 4.69) is 15.9 Å². The Bertz CT molecular complexity index is 462. The van der Waals surface area contributed by atoms with Gasteiger partial charge in [0.2, 0.25) is 0 Å². The van der Waals surface area contributed by atoms with Crippen LogP contribution in [0.25, 0.3) is 0 Å². The highest BCUT2D eigenvalue weighted by Gasteiger charge is 2.50. The second-order valence-corrected chi connectivity index (χ2v) is 6.96. The van der Waals surface area contributed by atoms with Crippen LogP contribution in [0, 0.1) is 23.1 Å². The number of fused-ring (bicyclic) bond motifs is 2. The fourth-order valence-electron chi connectivity index (χ4n) is 4.03. The van der Waals surface area contributed by atoms with Crippen molar-refractivity contribution in [1.82, 2.24) is 0 Å². The Balaban J connectivity index is 1.86. The molecule has 0 saturated heterocycles. The van der Waals surface area contributed by atoms with Crippen molar-refractivity contribution in [3.8, 4) is 0 Å². The lowest BCUT2D eigenvalue weighted by Gasteiger charge is -2.36. The van der Waals surface area contributed by atoms with Crippen molar-refractivity contribution in [3.05, 3.63) is 34.6 Å². The van der Waals surface area contributed by atoms with Crippen LogP contribution in [0.4, 0.5) is 4.39 Å². The van der Waals surface area contributed by atoms with Crippen LogP contribution in [0.15, 0.2) is 18.2 Å². The van der Waals surface area contributed by atoms with Crippen LogP contribution >= 0.6 is 27.5 Å². The Morgan fingerprint density at radius 2 is 2.22 bits per heavy atom. The molecule has 2 aliphatic rings. The van der Waals surface area contributed by atoms with E-state index in [1.54, 1.807) is 0 Å². The van der Waals surface area contributed by atoms with Crippen molar-refractivity contribution in [2.45, 2.75) is 32.1 Å². The summed E-state index contributed by atoms with van der Waals surface area (Å²) in [6.45, 7) is 0. The molecule has 0 nitrogen and oxygen atoms in total. The Morgan fingerprint density at radius 1 is 1.39 bits per heavy atom. The van der Waals surface area contributed by atoms with Crippen molar-refractivity contribution in [3.63, 3.8) is 0 Å². The van der Waals surface area contributed by atoms with E-state index in [1.807, 2.05) is 6.07 Å². The van der Waals surface area contributed by atoms with Crippen LogP contribution < -0.4 is 0 Å². The smallest absolute Gasteiger partial charge is 0.124 e. The van der Waals surface area contributed by atoms with E-state index >= 15 is 0 Å². The van der Waals surface area contributed by atoms with Crippen molar-refractivity contribution in [2.75, 3.05) is 5.33 Å². The van der Waals surface area contributed by atoms with Crippen LogP contribution in [0.5, 0.6) is 0 Å². The van der Waals surface area contributed by atoms with E-state index < -0.39 is 0 Å². The molecule has 0 aliphatic heterocycles. The van der Waals surface area contributed by atoms with Gasteiger partial charge in [-0.2, -0.15) is 0 Å². The Kier molecular flexibility index (Phi) is 3.44. The van der Waals surface area contributed by atoms with Gasteiger partial charge in [0.05, 0.1) is 0 Å². The third kappa shape index (κ3) is 2.12. The van der Waals surface area contributed by atoms with E-state index in [0.29, 0.717) is 10.4 Å². The zero-order valence-electron chi connectivity index (χ0n) is 10.3. The standard InChI is InChI=1S/C15H17BrClF/c16-9-15(7-10-1-3-12(15)5-10)8-11-2-4-13(18)6-14(11)17/h2,4,6,10,12H,1,3,5,7-9H2. The van der Waals surface area contributed by atoms with Crippen molar-refractivity contribution >= 4 is 27.5 Å². The third-order valence-electron chi connectivity index (χ3n) is 4.93. The van der Waals surface area contributed by atoms with Gasteiger partial charge in [-0.25, -0.2) is 4.39 Å². The van der Waals surface area contributed by atoms with Crippen molar-refractivity contribution in [1.29, 1.82) is 0 Å². The van der Waals surface area contributed by atoms with Gasteiger partial charge in [0.1, 0.15) is 5.82 Å². The number of hydrogen-bond donors (Lipinski definition) is 0. The minimum atomic E-state index is -0.246. The van der Waals surface area contributed by atoms with E-state index in [4.69, 9.17) is 11.6 Å². The average Bonchev–Trinajstić information content (AvgIpc) is 2.93. The quantitative estimate of drug-likeness (QED) is 0.666. The molecule has 98 valence electrons. The number of alkyl halides is 1. The molecular weight excluding hydrogens is 315 g/mol. The molecule has 1 aromatic rings. The molecule has 0 N–H and O–H groups in total. The molecular formula is C15H17BrClF. The monoisotopic (exact) mass is 330 g/mol. The molecule has 3 unspecified atom stereocenters. The first kappa shape index (κ1) is 12.9. The minimum absolute atomic E-state index is 0.246. The topological polar surface area (TPSA) is 0 Å². The second kappa shape index (κ2) is 4.79. The van der Waals surface area contributed by atoms with Gasteiger partial charge in [-0.1, -0.05) is 40.0 Å². The molecule has 2 fully saturated rings. The SMILES string of the molecule is Fc1ccc(CC2(CBr)CC3CCC2C3)c(Cl)c1. The second-order valence-electron chi connectivity index (χ2n) is 5.99. The zero-order chi connectivity index (χ0) is 12.8. The van der Waals surface area contributed by atoms with Gasteiger partial charge in [-0.05, 0) is 60.6 Å². The molecule has 0 spiro atoms. The maximum Gasteiger partial charge on any atom is 0.124 e. The van der Waals surface area contributed by atoms with Gasteiger partial charge in [0.25, 0.3) is 0 Å². The lowest BCUT2D eigenvalue weighted by Crippen LogP contribution is -2.32. The van der Waals surface area contributed by atoms with Gasteiger partial charge < -0.3 is 0 Å². The van der Waals surface area contributed by atoms with E-state index in [0.717, 1.165) is 29.2 Å². The minimum Gasteiger partial charge on any atom is -0.207 e. The number of benzene rings is 1. The summed E-state index contributed by atoms with van der Waals surface area (Å²) in [6, 6.07) is 4.82. The predicted molar refractivity (Wildman–Crippen MR) is 76.8 cm³/mol. The van der Waals surface area contributed by atoms with Crippen molar-refractivity contribution in [2.24, 2.45) is 17.3 Å². The van der Waals surface area contributed by atoms with E-state index in [1.165, 1.54) is 37.8 Å². The fourth-order valence-corrected chi connectivity index (χ4v) is 5.15. The van der Waals surface area contributed by atoms with E-state index in [9.17, 15) is 4.39 Å². The Morgan fingerprint density at radius 3 is 2.78 bits per heavy atom. The first-order chi connectivity index (χ1) is 8.63. The number of hydrogen-bond acceptors (Lipinski definition) is 0. The molecule has 3 rings (SSSR count). The average molecular weight is 332 g/mol. The summed E-state index contributed by atoms with van der Waals surface area (Å²) in [5.74, 6) is 1.49. The van der Waals surface area contributed by atoms with Crippen LogP contribution in [0.1, 0.15) is 31.2 Å². The van der Waals surface area contributed by atoms with Gasteiger partial charge in [-0.3, -0.25) is 0 Å². The fraction of sp³-hybridized carbons (Fsp3) is 0.600. The molecule has 18 heavy (non-hydrogen) atoms. The summed E-state index contributed by atoms with van der Waals surface area (Å²) >= 11 is 9.89. The van der Waals surface area contributed by atoms with Gasteiger partial charge in [0, 0.05) is 10.4 Å². The molecule has 0 aromatic heterocycles. The largest absolute Gasteiger partial charge is 0.207 e. The van der Waals surface area contributed by atoms with Crippen LogP contribution in [0.3, 0.4) is 0 Å². The zero-order valence-corrected chi connectivity index (χ0v) is 12.6. The summed E-state index contributed by atoms with van der Waals surface area (Å²) in [4.78, 5) is 0. The summed E-state index contributed by atoms with van der Waals surface area (Å²) in [7, 11) is 0. The van der Waals surface area contributed by atoms with Gasteiger partial charge >= 0.3 is 0 Å². The molecule has 3 heteroatoms. The normalized spacial score (nSPS) is 34.2.